The van der Waals surface area contributed by atoms with E-state index in [9.17, 15) is 18.0 Å². The molecule has 0 unspecified atom stereocenters. The highest BCUT2D eigenvalue weighted by Crippen LogP contribution is 2.37. The molecule has 0 amide bonds. The number of alkyl halides is 3. The van der Waals surface area contributed by atoms with Crippen LogP contribution in [0.15, 0.2) is 29.2 Å². The van der Waals surface area contributed by atoms with Crippen molar-refractivity contribution in [2.24, 2.45) is 0 Å². The van der Waals surface area contributed by atoms with Gasteiger partial charge < -0.3 is 10.5 Å². The van der Waals surface area contributed by atoms with Gasteiger partial charge in [0.05, 0.1) is 22.9 Å². The molecule has 0 atom stereocenters. The van der Waals surface area contributed by atoms with E-state index < -0.39 is 21.5 Å². The second-order valence-electron chi connectivity index (χ2n) is 5.02. The molecule has 10 heteroatoms. The van der Waals surface area contributed by atoms with Gasteiger partial charge in [-0.2, -0.15) is 8.78 Å². The van der Waals surface area contributed by atoms with Gasteiger partial charge in [-0.3, -0.25) is 0 Å². The van der Waals surface area contributed by atoms with E-state index in [1.807, 2.05) is 0 Å². The van der Waals surface area contributed by atoms with Gasteiger partial charge in [0.15, 0.2) is 5.69 Å². The van der Waals surface area contributed by atoms with E-state index in [-0.39, 0.29) is 39.2 Å². The number of hydrogen-bond acceptors (Lipinski definition) is 5. The van der Waals surface area contributed by atoms with Crippen LogP contribution < -0.4 is 5.73 Å². The number of carbonyl (C=O) groups excluding carboxylic acids is 1. The van der Waals surface area contributed by atoms with E-state index in [1.165, 1.54) is 18.2 Å². The Bertz CT molecular complexity index is 834. The lowest BCUT2D eigenvalue weighted by Crippen LogP contribution is -2.14. The van der Waals surface area contributed by atoms with Crippen molar-refractivity contribution in [1.82, 2.24) is 4.98 Å². The summed E-state index contributed by atoms with van der Waals surface area (Å²) in [5, 5.41) is 0.196. The Labute approximate surface area is 170 Å². The molecule has 1 aromatic heterocycles. The van der Waals surface area contributed by atoms with Crippen LogP contribution >= 0.6 is 46.0 Å². The number of nitrogen functional groups attached to an aromatic ring is 1. The molecular weight excluding hydrogens is 504 g/mol. The van der Waals surface area contributed by atoms with Crippen LogP contribution in [0.3, 0.4) is 0 Å². The van der Waals surface area contributed by atoms with Crippen LogP contribution in [0.4, 0.5) is 18.9 Å². The molecule has 2 aromatic rings. The summed E-state index contributed by atoms with van der Waals surface area (Å²) in [4.78, 5) is 16.4. The van der Waals surface area contributed by atoms with E-state index in [0.717, 1.165) is 28.7 Å². The number of halogens is 5. The van der Waals surface area contributed by atoms with Crippen molar-refractivity contribution in [3.63, 3.8) is 0 Å². The summed E-state index contributed by atoms with van der Waals surface area (Å²) < 4.78 is 42.5. The largest absolute Gasteiger partial charge is 0.461 e. The standard InChI is InChI=1S/C16H13ClF3IN2O2S/c1-2-25-15(24)13-14(26-7-16(19,20)21)11(22)6-12(23-13)9-4-3-8(17)5-10(9)18/h3-6H,2,7H2,1H3,(H2,22,23). The topological polar surface area (TPSA) is 65.2 Å². The first-order chi connectivity index (χ1) is 12.1. The second-order valence-corrected chi connectivity index (χ2v) is 8.02. The Balaban J connectivity index is 2.55. The number of anilines is 1. The van der Waals surface area contributed by atoms with Gasteiger partial charge in [-0.1, -0.05) is 11.6 Å². The molecule has 26 heavy (non-hydrogen) atoms. The van der Waals surface area contributed by atoms with E-state index in [2.05, 4.69) is 4.98 Å². The van der Waals surface area contributed by atoms with Crippen LogP contribution in [0, 0.1) is 5.82 Å². The number of rotatable bonds is 6. The Kier molecular flexibility index (Phi) is 7.03. The smallest absolute Gasteiger partial charge is 0.358 e. The maximum atomic E-state index is 14.2. The Hall–Kier alpha value is -1.20. The zero-order valence-electron chi connectivity index (χ0n) is 13.4. The predicted octanol–water partition coefficient (Wildman–Crippen LogP) is 5.42. The number of benzene rings is 1. The molecule has 1 aromatic carbocycles. The maximum Gasteiger partial charge on any atom is 0.358 e. The average molecular weight is 517 g/mol. The van der Waals surface area contributed by atoms with Crippen molar-refractivity contribution in [2.45, 2.75) is 15.7 Å². The molecule has 1 heterocycles. The zero-order valence-corrected chi connectivity index (χ0v) is 17.1. The van der Waals surface area contributed by atoms with Crippen LogP contribution in [0.5, 0.6) is 0 Å². The molecule has 0 aliphatic rings. The minimum absolute atomic E-state index is 0.0260. The van der Waals surface area contributed by atoms with Crippen molar-refractivity contribution in [3.8, 4) is 11.3 Å². The normalized spacial score (nSPS) is 11.5. The van der Waals surface area contributed by atoms with E-state index >= 15 is 0 Å². The minimum Gasteiger partial charge on any atom is -0.461 e. The van der Waals surface area contributed by atoms with Crippen LogP contribution in [-0.4, -0.2) is 27.2 Å². The highest BCUT2D eigenvalue weighted by atomic mass is 127. The SMILES string of the molecule is CCOC(=O)c1nc(-c2ccc(Cl)cc2F)cc(N)c1SCC(F)(F)I. The molecule has 0 bridgehead atoms. The first-order valence-corrected chi connectivity index (χ1v) is 9.69. The fourth-order valence-electron chi connectivity index (χ4n) is 2.03. The molecule has 2 rings (SSSR count). The summed E-state index contributed by atoms with van der Waals surface area (Å²) >= 11 is 7.41. The number of nitrogens with two attached hydrogens (primary N) is 1. The van der Waals surface area contributed by atoms with Crippen molar-refractivity contribution in [1.29, 1.82) is 0 Å². The number of pyridine rings is 1. The lowest BCUT2D eigenvalue weighted by Gasteiger charge is -2.15. The van der Waals surface area contributed by atoms with Gasteiger partial charge in [-0.05, 0) is 53.8 Å². The highest BCUT2D eigenvalue weighted by Gasteiger charge is 2.27. The van der Waals surface area contributed by atoms with Crippen molar-refractivity contribution in [3.05, 3.63) is 40.8 Å². The molecule has 0 saturated carbocycles. The first kappa shape index (κ1) is 21.1. The van der Waals surface area contributed by atoms with Crippen LogP contribution in [0.25, 0.3) is 11.3 Å². The van der Waals surface area contributed by atoms with Crippen LogP contribution in [0.1, 0.15) is 17.4 Å². The molecule has 0 spiro atoms. The third-order valence-electron chi connectivity index (χ3n) is 3.06. The van der Waals surface area contributed by atoms with Crippen molar-refractivity contribution in [2.75, 3.05) is 18.1 Å². The predicted molar refractivity (Wildman–Crippen MR) is 105 cm³/mol. The van der Waals surface area contributed by atoms with Gasteiger partial charge in [0.1, 0.15) is 5.82 Å². The van der Waals surface area contributed by atoms with Gasteiger partial charge >= 0.3 is 9.90 Å². The number of carbonyl (C=O) groups is 1. The summed E-state index contributed by atoms with van der Waals surface area (Å²) in [5.41, 5.74) is 5.88. The molecule has 0 saturated heterocycles. The number of hydrogen-bond donors (Lipinski definition) is 1. The monoisotopic (exact) mass is 516 g/mol. The molecular formula is C16H13ClF3IN2O2S. The average Bonchev–Trinajstić information content (AvgIpc) is 2.52. The molecule has 0 fully saturated rings. The summed E-state index contributed by atoms with van der Waals surface area (Å²) in [7, 11) is 0. The van der Waals surface area contributed by atoms with Crippen LogP contribution in [-0.2, 0) is 4.74 Å². The Morgan fingerprint density at radius 3 is 2.69 bits per heavy atom. The Morgan fingerprint density at radius 2 is 2.12 bits per heavy atom. The minimum atomic E-state index is -3.00. The quantitative estimate of drug-likeness (QED) is 0.240. The van der Waals surface area contributed by atoms with Gasteiger partial charge in [0.2, 0.25) is 0 Å². The van der Waals surface area contributed by atoms with Gasteiger partial charge in [-0.15, -0.1) is 11.8 Å². The van der Waals surface area contributed by atoms with Gasteiger partial charge in [-0.25, -0.2) is 14.2 Å². The maximum absolute atomic E-state index is 14.2. The van der Waals surface area contributed by atoms with Crippen molar-refractivity contribution < 1.29 is 22.7 Å². The van der Waals surface area contributed by atoms with Gasteiger partial charge in [0.25, 0.3) is 0 Å². The lowest BCUT2D eigenvalue weighted by atomic mass is 10.1. The molecule has 140 valence electrons. The van der Waals surface area contributed by atoms with E-state index in [0.29, 0.717) is 11.8 Å². The highest BCUT2D eigenvalue weighted by molar-refractivity contribution is 14.1. The van der Waals surface area contributed by atoms with E-state index in [1.54, 1.807) is 6.92 Å². The summed E-state index contributed by atoms with van der Waals surface area (Å²) in [6, 6.07) is 5.27. The molecule has 2 N–H and O–H groups in total. The van der Waals surface area contributed by atoms with Crippen molar-refractivity contribution >= 4 is 57.6 Å². The third kappa shape index (κ3) is 5.40. The fraction of sp³-hybridized carbons (Fsp3) is 0.250. The molecule has 0 aliphatic carbocycles. The number of thioether (sulfide) groups is 1. The molecule has 0 radical (unpaired) electrons. The number of ether oxygens (including phenoxy) is 1. The summed E-state index contributed by atoms with van der Waals surface area (Å²) in [6.45, 7) is 1.66. The third-order valence-corrected chi connectivity index (χ3v) is 5.42. The lowest BCUT2D eigenvalue weighted by molar-refractivity contribution is 0.0515. The Morgan fingerprint density at radius 1 is 1.42 bits per heavy atom. The van der Waals surface area contributed by atoms with Crippen LogP contribution in [0.2, 0.25) is 5.02 Å². The van der Waals surface area contributed by atoms with Gasteiger partial charge in [0, 0.05) is 16.3 Å². The zero-order chi connectivity index (χ0) is 19.5. The van der Waals surface area contributed by atoms with E-state index in [4.69, 9.17) is 22.1 Å². The second kappa shape index (κ2) is 8.66. The fourth-order valence-corrected chi connectivity index (χ4v) is 3.46. The summed E-state index contributed by atoms with van der Waals surface area (Å²) in [5.74, 6) is -2.09. The molecule has 4 nitrogen and oxygen atoms in total. The number of esters is 1. The number of aromatic nitrogens is 1. The summed E-state index contributed by atoms with van der Waals surface area (Å²) in [6.07, 6.45) is 0. The number of nitrogens with zero attached hydrogens (tertiary/aromatic N) is 1. The first-order valence-electron chi connectivity index (χ1n) is 7.25. The molecule has 0 aliphatic heterocycles.